The Morgan fingerprint density at radius 2 is 1.81 bits per heavy atom. The maximum atomic E-state index is 13.2. The van der Waals surface area contributed by atoms with Crippen molar-refractivity contribution in [1.29, 1.82) is 0 Å². The third-order valence-corrected chi connectivity index (χ3v) is 6.61. The Bertz CT molecular complexity index is 1080. The zero-order valence-electron chi connectivity index (χ0n) is 17.1. The van der Waals surface area contributed by atoms with Gasteiger partial charge >= 0.3 is 6.03 Å². The summed E-state index contributed by atoms with van der Waals surface area (Å²) < 4.78 is 0. The molecular formula is C23H24N4O4. The minimum atomic E-state index is -0.985. The second-order valence-corrected chi connectivity index (χ2v) is 8.57. The Balaban J connectivity index is 1.29. The number of H-pyrrole nitrogens is 1. The fraction of sp³-hybridized carbons (Fsp3) is 0.391. The van der Waals surface area contributed by atoms with Crippen LogP contribution >= 0.6 is 0 Å². The number of amides is 4. The number of hydrogen-bond acceptors (Lipinski definition) is 4. The number of nitrogens with one attached hydrogen (secondary N) is 2. The number of ketones is 1. The van der Waals surface area contributed by atoms with Crippen LogP contribution in [-0.2, 0) is 17.6 Å². The number of likely N-dealkylation sites (tertiary alicyclic amines) is 1. The number of nitrogens with zero attached hydrogens (tertiary/aromatic N) is 2. The molecule has 2 N–H and O–H groups in total. The van der Waals surface area contributed by atoms with Crippen LogP contribution in [0.25, 0.3) is 0 Å². The average molecular weight is 420 g/mol. The fourth-order valence-electron chi connectivity index (χ4n) is 4.85. The average Bonchev–Trinajstić information content (AvgIpc) is 3.52. The maximum absolute atomic E-state index is 13.2. The molecule has 1 unspecified atom stereocenters. The zero-order valence-corrected chi connectivity index (χ0v) is 17.1. The lowest BCUT2D eigenvalue weighted by Crippen LogP contribution is -2.51. The Morgan fingerprint density at radius 3 is 2.58 bits per heavy atom. The summed E-state index contributed by atoms with van der Waals surface area (Å²) in [6, 6.07) is 8.87. The van der Waals surface area contributed by atoms with Crippen molar-refractivity contribution < 1.29 is 19.2 Å². The first-order chi connectivity index (χ1) is 15.0. The molecule has 1 aliphatic carbocycles. The number of benzene rings is 1. The van der Waals surface area contributed by atoms with Gasteiger partial charge in [0.05, 0.1) is 6.54 Å². The summed E-state index contributed by atoms with van der Waals surface area (Å²) >= 11 is 0. The van der Waals surface area contributed by atoms with Gasteiger partial charge in [-0.15, -0.1) is 0 Å². The van der Waals surface area contributed by atoms with E-state index in [1.54, 1.807) is 4.90 Å². The number of aryl methyl sites for hydroxylation is 1. The van der Waals surface area contributed by atoms with Crippen molar-refractivity contribution in [1.82, 2.24) is 20.1 Å². The van der Waals surface area contributed by atoms with Crippen LogP contribution in [0.4, 0.5) is 4.79 Å². The van der Waals surface area contributed by atoms with Crippen LogP contribution in [0.15, 0.2) is 36.5 Å². The highest BCUT2D eigenvalue weighted by Crippen LogP contribution is 2.33. The molecule has 1 aromatic carbocycles. The minimum Gasteiger partial charge on any atom is -0.356 e. The molecule has 0 bridgehead atoms. The Labute approximate surface area is 179 Å². The summed E-state index contributed by atoms with van der Waals surface area (Å²) in [5, 5.41) is 2.84. The quantitative estimate of drug-likeness (QED) is 0.583. The van der Waals surface area contributed by atoms with E-state index in [-0.39, 0.29) is 29.7 Å². The van der Waals surface area contributed by atoms with E-state index in [1.165, 1.54) is 17.8 Å². The first-order valence-corrected chi connectivity index (χ1v) is 10.7. The molecule has 3 heterocycles. The number of hydrogen-bond donors (Lipinski definition) is 2. The molecule has 1 aromatic heterocycles. The van der Waals surface area contributed by atoms with E-state index in [2.05, 4.69) is 10.3 Å². The molecule has 160 valence electrons. The monoisotopic (exact) mass is 420 g/mol. The lowest BCUT2D eigenvalue weighted by atomic mass is 9.78. The molecule has 2 aromatic rings. The van der Waals surface area contributed by atoms with Gasteiger partial charge in [-0.1, -0.05) is 24.3 Å². The van der Waals surface area contributed by atoms with E-state index in [1.807, 2.05) is 24.3 Å². The van der Waals surface area contributed by atoms with E-state index in [4.69, 9.17) is 0 Å². The molecule has 5 rings (SSSR count). The van der Waals surface area contributed by atoms with E-state index < -0.39 is 11.6 Å². The van der Waals surface area contributed by atoms with Gasteiger partial charge in [0.2, 0.25) is 0 Å². The predicted molar refractivity (Wildman–Crippen MR) is 112 cm³/mol. The van der Waals surface area contributed by atoms with Crippen molar-refractivity contribution in [2.24, 2.45) is 0 Å². The zero-order chi connectivity index (χ0) is 21.6. The van der Waals surface area contributed by atoms with Gasteiger partial charge in [0.1, 0.15) is 11.2 Å². The molecule has 1 atom stereocenters. The highest BCUT2D eigenvalue weighted by molar-refractivity contribution is 6.11. The molecule has 31 heavy (non-hydrogen) atoms. The van der Waals surface area contributed by atoms with Gasteiger partial charge < -0.3 is 15.2 Å². The van der Waals surface area contributed by atoms with Crippen LogP contribution in [0.2, 0.25) is 0 Å². The maximum Gasteiger partial charge on any atom is 0.325 e. The SMILES string of the molecule is O=C(CN1C(=O)NC2(CCc3ccccc3C2)C1=O)c1c[nH]c(C(=O)N2CCCC2)c1. The van der Waals surface area contributed by atoms with Gasteiger partial charge in [0.15, 0.2) is 5.78 Å². The Hall–Kier alpha value is -3.42. The number of rotatable bonds is 4. The molecule has 2 saturated heterocycles. The van der Waals surface area contributed by atoms with E-state index in [0.717, 1.165) is 36.4 Å². The van der Waals surface area contributed by atoms with Gasteiger partial charge in [0, 0.05) is 31.3 Å². The number of fused-ring (bicyclic) bond motifs is 1. The number of carbonyl (C=O) groups excluding carboxylic acids is 4. The fourth-order valence-corrected chi connectivity index (χ4v) is 4.85. The van der Waals surface area contributed by atoms with Crippen molar-refractivity contribution in [3.8, 4) is 0 Å². The third kappa shape index (κ3) is 3.32. The molecule has 2 fully saturated rings. The molecule has 0 saturated carbocycles. The lowest BCUT2D eigenvalue weighted by Gasteiger charge is -2.32. The molecule has 3 aliphatic rings. The van der Waals surface area contributed by atoms with Crippen LogP contribution in [0.5, 0.6) is 0 Å². The van der Waals surface area contributed by atoms with Crippen LogP contribution in [0.3, 0.4) is 0 Å². The molecule has 8 nitrogen and oxygen atoms in total. The summed E-state index contributed by atoms with van der Waals surface area (Å²) in [5.74, 6) is -0.871. The van der Waals surface area contributed by atoms with E-state index >= 15 is 0 Å². The normalized spacial score (nSPS) is 22.7. The Morgan fingerprint density at radius 1 is 1.06 bits per heavy atom. The van der Waals surface area contributed by atoms with Crippen molar-refractivity contribution >= 4 is 23.6 Å². The largest absolute Gasteiger partial charge is 0.356 e. The summed E-state index contributed by atoms with van der Waals surface area (Å²) in [5.41, 5.74) is 1.89. The van der Waals surface area contributed by atoms with Crippen LogP contribution in [0, 0.1) is 0 Å². The highest BCUT2D eigenvalue weighted by Gasteiger charge is 2.52. The number of Topliss-reactive ketones (excluding diaryl/α,β-unsaturated/α-hetero) is 1. The van der Waals surface area contributed by atoms with E-state index in [0.29, 0.717) is 25.0 Å². The summed E-state index contributed by atoms with van der Waals surface area (Å²) in [4.78, 5) is 56.7. The number of carbonyl (C=O) groups is 4. The van der Waals surface area contributed by atoms with Crippen molar-refractivity contribution in [2.45, 2.75) is 37.6 Å². The number of imide groups is 1. The molecule has 4 amide bonds. The van der Waals surface area contributed by atoms with Crippen molar-refractivity contribution in [3.63, 3.8) is 0 Å². The third-order valence-electron chi connectivity index (χ3n) is 6.61. The van der Waals surface area contributed by atoms with Gasteiger partial charge in [0.25, 0.3) is 11.8 Å². The molecule has 0 radical (unpaired) electrons. The van der Waals surface area contributed by atoms with Crippen molar-refractivity contribution in [3.05, 3.63) is 58.9 Å². The Kier molecular flexibility index (Phi) is 4.64. The van der Waals surface area contributed by atoms with Crippen molar-refractivity contribution in [2.75, 3.05) is 19.6 Å². The van der Waals surface area contributed by atoms with Crippen LogP contribution in [-0.4, -0.2) is 63.6 Å². The lowest BCUT2D eigenvalue weighted by molar-refractivity contribution is -0.131. The summed E-state index contributed by atoms with van der Waals surface area (Å²) in [6.45, 7) is 1.09. The molecule has 2 aliphatic heterocycles. The van der Waals surface area contributed by atoms with Crippen LogP contribution < -0.4 is 5.32 Å². The highest BCUT2D eigenvalue weighted by atomic mass is 16.2. The number of urea groups is 1. The first-order valence-electron chi connectivity index (χ1n) is 10.7. The second kappa shape index (κ2) is 7.37. The first kappa shape index (κ1) is 19.5. The summed E-state index contributed by atoms with van der Waals surface area (Å²) in [7, 11) is 0. The van der Waals surface area contributed by atoms with Gasteiger partial charge in [-0.25, -0.2) is 4.79 Å². The van der Waals surface area contributed by atoms with E-state index in [9.17, 15) is 19.2 Å². The molecule has 8 heteroatoms. The van der Waals surface area contributed by atoms with Gasteiger partial charge in [-0.3, -0.25) is 19.3 Å². The number of aromatic nitrogens is 1. The summed E-state index contributed by atoms with van der Waals surface area (Å²) in [6.07, 6.45) is 5.07. The minimum absolute atomic E-state index is 0.133. The molecular weight excluding hydrogens is 396 g/mol. The molecule has 1 spiro atoms. The van der Waals surface area contributed by atoms with Gasteiger partial charge in [-0.2, -0.15) is 0 Å². The second-order valence-electron chi connectivity index (χ2n) is 8.57. The topological polar surface area (TPSA) is 103 Å². The van der Waals surface area contributed by atoms with Gasteiger partial charge in [-0.05, 0) is 42.9 Å². The van der Waals surface area contributed by atoms with Crippen LogP contribution in [0.1, 0.15) is 51.2 Å². The standard InChI is InChI=1S/C23H24N4O4/c28-19(17-11-18(24-13-17)20(29)26-9-3-4-10-26)14-27-21(30)23(25-22(27)31)8-7-15-5-1-2-6-16(15)12-23/h1-2,5-6,11,13,24H,3-4,7-10,12,14H2,(H,25,31). The smallest absolute Gasteiger partial charge is 0.325 e. The number of aromatic amines is 1. The predicted octanol–water partition coefficient (Wildman–Crippen LogP) is 1.91.